The molecule has 1 fully saturated rings. The SMILES string of the molecule is COc1cc(CNC2CCCCCCC2)c(Br)cc1OCc1ccccc1Cl. The highest BCUT2D eigenvalue weighted by Crippen LogP contribution is 2.34. The summed E-state index contributed by atoms with van der Waals surface area (Å²) in [7, 11) is 1.68. The van der Waals surface area contributed by atoms with Crippen LogP contribution in [0.3, 0.4) is 0 Å². The number of hydrogen-bond donors (Lipinski definition) is 1. The molecule has 1 N–H and O–H groups in total. The Labute approximate surface area is 181 Å². The lowest BCUT2D eigenvalue weighted by Gasteiger charge is -2.22. The minimum atomic E-state index is 0.405. The summed E-state index contributed by atoms with van der Waals surface area (Å²) in [4.78, 5) is 0. The van der Waals surface area contributed by atoms with Crippen molar-refractivity contribution in [3.63, 3.8) is 0 Å². The Morgan fingerprint density at radius 3 is 2.43 bits per heavy atom. The van der Waals surface area contributed by atoms with Crippen LogP contribution in [0.25, 0.3) is 0 Å². The van der Waals surface area contributed by atoms with Gasteiger partial charge in [-0.2, -0.15) is 0 Å². The summed E-state index contributed by atoms with van der Waals surface area (Å²) in [5.74, 6) is 1.45. The second kappa shape index (κ2) is 11.1. The second-order valence-electron chi connectivity index (χ2n) is 7.40. The minimum Gasteiger partial charge on any atom is -0.493 e. The van der Waals surface area contributed by atoms with Crippen molar-refractivity contribution >= 4 is 27.5 Å². The van der Waals surface area contributed by atoms with Gasteiger partial charge in [0.15, 0.2) is 11.5 Å². The zero-order chi connectivity index (χ0) is 19.8. The molecule has 0 atom stereocenters. The van der Waals surface area contributed by atoms with E-state index < -0.39 is 0 Å². The summed E-state index contributed by atoms with van der Waals surface area (Å²) in [5.41, 5.74) is 2.14. The van der Waals surface area contributed by atoms with Crippen molar-refractivity contribution in [3.8, 4) is 11.5 Å². The zero-order valence-electron chi connectivity index (χ0n) is 16.5. The van der Waals surface area contributed by atoms with Crippen molar-refractivity contribution in [2.45, 2.75) is 64.1 Å². The number of methoxy groups -OCH3 is 1. The van der Waals surface area contributed by atoms with Crippen molar-refractivity contribution < 1.29 is 9.47 Å². The monoisotopic (exact) mass is 465 g/mol. The predicted molar refractivity (Wildman–Crippen MR) is 119 cm³/mol. The fraction of sp³-hybridized carbons (Fsp3) is 0.478. The highest BCUT2D eigenvalue weighted by molar-refractivity contribution is 9.10. The summed E-state index contributed by atoms with van der Waals surface area (Å²) in [6.45, 7) is 1.23. The highest BCUT2D eigenvalue weighted by Gasteiger charge is 2.14. The summed E-state index contributed by atoms with van der Waals surface area (Å²) in [6, 6.07) is 12.4. The Hall–Kier alpha value is -1.23. The lowest BCUT2D eigenvalue weighted by atomic mass is 9.96. The molecule has 0 spiro atoms. The molecule has 0 bridgehead atoms. The summed E-state index contributed by atoms with van der Waals surface area (Å²) in [5, 5.41) is 4.45. The first kappa shape index (κ1) is 21.5. The molecule has 152 valence electrons. The fourth-order valence-corrected chi connectivity index (χ4v) is 4.32. The van der Waals surface area contributed by atoms with E-state index in [4.69, 9.17) is 21.1 Å². The molecule has 0 saturated heterocycles. The largest absolute Gasteiger partial charge is 0.493 e. The van der Waals surface area contributed by atoms with Crippen molar-refractivity contribution in [1.29, 1.82) is 0 Å². The topological polar surface area (TPSA) is 30.5 Å². The number of rotatable bonds is 7. The van der Waals surface area contributed by atoms with Crippen LogP contribution in [0.15, 0.2) is 40.9 Å². The van der Waals surface area contributed by atoms with E-state index in [1.54, 1.807) is 7.11 Å². The van der Waals surface area contributed by atoms with Crippen LogP contribution in [0.1, 0.15) is 56.1 Å². The van der Waals surface area contributed by atoms with Gasteiger partial charge in [0.2, 0.25) is 0 Å². The zero-order valence-corrected chi connectivity index (χ0v) is 18.8. The van der Waals surface area contributed by atoms with E-state index in [2.05, 4.69) is 27.3 Å². The Kier molecular flexibility index (Phi) is 8.50. The summed E-state index contributed by atoms with van der Waals surface area (Å²) in [6.07, 6.45) is 9.33. The van der Waals surface area contributed by atoms with E-state index in [0.717, 1.165) is 22.3 Å². The van der Waals surface area contributed by atoms with Crippen LogP contribution in [0.2, 0.25) is 5.02 Å². The summed E-state index contributed by atoms with van der Waals surface area (Å²) < 4.78 is 12.6. The van der Waals surface area contributed by atoms with Gasteiger partial charge in [0.1, 0.15) is 6.61 Å². The van der Waals surface area contributed by atoms with E-state index in [-0.39, 0.29) is 0 Å². The molecule has 0 aliphatic heterocycles. The smallest absolute Gasteiger partial charge is 0.162 e. The third kappa shape index (κ3) is 6.13. The molecule has 0 radical (unpaired) electrons. The van der Waals surface area contributed by atoms with Gasteiger partial charge < -0.3 is 14.8 Å². The average Bonchev–Trinajstić information content (AvgIpc) is 2.67. The van der Waals surface area contributed by atoms with Crippen LogP contribution in [0.4, 0.5) is 0 Å². The Balaban J connectivity index is 1.64. The quantitative estimate of drug-likeness (QED) is 0.482. The van der Waals surface area contributed by atoms with E-state index in [0.29, 0.717) is 23.4 Å². The van der Waals surface area contributed by atoms with Crippen LogP contribution in [-0.4, -0.2) is 13.2 Å². The molecule has 3 nitrogen and oxygen atoms in total. The average molecular weight is 467 g/mol. The number of hydrogen-bond acceptors (Lipinski definition) is 3. The molecule has 5 heteroatoms. The fourth-order valence-electron chi connectivity index (χ4n) is 3.67. The van der Waals surface area contributed by atoms with E-state index in [1.807, 2.05) is 30.3 Å². The maximum atomic E-state index is 6.23. The van der Waals surface area contributed by atoms with Gasteiger partial charge in [-0.3, -0.25) is 0 Å². The maximum absolute atomic E-state index is 6.23. The lowest BCUT2D eigenvalue weighted by molar-refractivity contribution is 0.284. The Morgan fingerprint density at radius 2 is 1.71 bits per heavy atom. The molecular weight excluding hydrogens is 438 g/mol. The Bertz CT molecular complexity index is 760. The van der Waals surface area contributed by atoms with E-state index in [9.17, 15) is 0 Å². The van der Waals surface area contributed by atoms with Gasteiger partial charge in [-0.1, -0.05) is 77.8 Å². The number of benzene rings is 2. The molecule has 2 aromatic carbocycles. The molecule has 0 unspecified atom stereocenters. The van der Waals surface area contributed by atoms with Crippen molar-refractivity contribution in [2.24, 2.45) is 0 Å². The van der Waals surface area contributed by atoms with E-state index in [1.165, 1.54) is 50.5 Å². The van der Waals surface area contributed by atoms with Crippen LogP contribution in [-0.2, 0) is 13.2 Å². The first-order valence-corrected chi connectivity index (χ1v) is 11.3. The number of halogens is 2. The van der Waals surface area contributed by atoms with Gasteiger partial charge in [-0.15, -0.1) is 0 Å². The third-order valence-electron chi connectivity index (χ3n) is 5.36. The number of ether oxygens (including phenoxy) is 2. The minimum absolute atomic E-state index is 0.405. The molecule has 1 saturated carbocycles. The number of nitrogens with one attached hydrogen (secondary N) is 1. The Morgan fingerprint density at radius 1 is 1.00 bits per heavy atom. The molecule has 28 heavy (non-hydrogen) atoms. The predicted octanol–water partition coefficient (Wildman–Crippen LogP) is 6.89. The molecule has 2 aromatic rings. The first-order chi connectivity index (χ1) is 13.7. The van der Waals surface area contributed by atoms with Crippen LogP contribution in [0.5, 0.6) is 11.5 Å². The van der Waals surface area contributed by atoms with Crippen molar-refractivity contribution in [3.05, 3.63) is 57.0 Å². The second-order valence-corrected chi connectivity index (χ2v) is 8.66. The highest BCUT2D eigenvalue weighted by atomic mass is 79.9. The van der Waals surface area contributed by atoms with Crippen LogP contribution in [0, 0.1) is 0 Å². The van der Waals surface area contributed by atoms with Gasteiger partial charge in [0.25, 0.3) is 0 Å². The maximum Gasteiger partial charge on any atom is 0.162 e. The molecular formula is C23H29BrClNO2. The molecule has 0 aromatic heterocycles. The lowest BCUT2D eigenvalue weighted by Crippen LogP contribution is -2.29. The van der Waals surface area contributed by atoms with Gasteiger partial charge in [-0.25, -0.2) is 0 Å². The standard InChI is InChI=1S/C23H29BrClNO2/c1-27-22-13-18(15-26-19-10-5-3-2-4-6-11-19)20(24)14-23(22)28-16-17-9-7-8-12-21(17)25/h7-9,12-14,19,26H,2-6,10-11,15-16H2,1H3. The van der Waals surface area contributed by atoms with Gasteiger partial charge >= 0.3 is 0 Å². The molecule has 1 aliphatic rings. The van der Waals surface area contributed by atoms with Crippen LogP contribution < -0.4 is 14.8 Å². The van der Waals surface area contributed by atoms with Gasteiger partial charge in [-0.05, 0) is 36.6 Å². The van der Waals surface area contributed by atoms with Gasteiger partial charge in [0.05, 0.1) is 7.11 Å². The molecule has 0 heterocycles. The first-order valence-electron chi connectivity index (χ1n) is 10.1. The molecule has 1 aliphatic carbocycles. The van der Waals surface area contributed by atoms with Crippen molar-refractivity contribution in [2.75, 3.05) is 7.11 Å². The van der Waals surface area contributed by atoms with E-state index >= 15 is 0 Å². The third-order valence-corrected chi connectivity index (χ3v) is 6.47. The summed E-state index contributed by atoms with van der Waals surface area (Å²) >= 11 is 9.93. The molecule has 0 amide bonds. The molecule has 3 rings (SSSR count). The van der Waals surface area contributed by atoms with Crippen molar-refractivity contribution in [1.82, 2.24) is 5.32 Å². The van der Waals surface area contributed by atoms with Crippen LogP contribution >= 0.6 is 27.5 Å². The normalized spacial score (nSPS) is 15.7. The van der Waals surface area contributed by atoms with Gasteiger partial charge in [0, 0.05) is 27.6 Å².